The van der Waals surface area contributed by atoms with Crippen LogP contribution in [-0.2, 0) is 4.79 Å². The standard InChI is InChI=1S/C8H13NO2/c10-6-8-3-1-5-9(8)7(11)2-4-8/h10H,1-6H2/t8-/m0/s1. The van der Waals surface area contributed by atoms with Crippen LogP contribution in [-0.4, -0.2) is 34.6 Å². The highest BCUT2D eigenvalue weighted by molar-refractivity contribution is 5.80. The molecule has 1 N–H and O–H groups in total. The molecule has 0 spiro atoms. The summed E-state index contributed by atoms with van der Waals surface area (Å²) in [5, 5.41) is 9.15. The van der Waals surface area contributed by atoms with E-state index in [4.69, 9.17) is 5.11 Å². The lowest BCUT2D eigenvalue weighted by atomic mass is 9.95. The van der Waals surface area contributed by atoms with Gasteiger partial charge in [0, 0.05) is 13.0 Å². The van der Waals surface area contributed by atoms with Crippen molar-refractivity contribution in [2.75, 3.05) is 13.2 Å². The molecule has 3 heteroatoms. The minimum absolute atomic E-state index is 0.142. The molecule has 0 aromatic rings. The van der Waals surface area contributed by atoms with Crippen LogP contribution in [0.3, 0.4) is 0 Å². The first-order valence-electron chi connectivity index (χ1n) is 4.20. The Hall–Kier alpha value is -0.570. The topological polar surface area (TPSA) is 40.5 Å². The van der Waals surface area contributed by atoms with E-state index >= 15 is 0 Å². The molecule has 0 unspecified atom stereocenters. The molecule has 2 saturated heterocycles. The SMILES string of the molecule is O=C1CC[C@]2(CO)CCCN12. The van der Waals surface area contributed by atoms with Crippen LogP contribution < -0.4 is 0 Å². The molecule has 2 rings (SSSR count). The van der Waals surface area contributed by atoms with Crippen molar-refractivity contribution < 1.29 is 9.90 Å². The van der Waals surface area contributed by atoms with Crippen LogP contribution in [0.5, 0.6) is 0 Å². The maximum Gasteiger partial charge on any atom is 0.223 e. The van der Waals surface area contributed by atoms with Gasteiger partial charge < -0.3 is 10.0 Å². The number of aliphatic hydroxyl groups is 1. The Kier molecular flexibility index (Phi) is 1.42. The Morgan fingerprint density at radius 2 is 2.36 bits per heavy atom. The van der Waals surface area contributed by atoms with E-state index in [2.05, 4.69) is 0 Å². The zero-order valence-electron chi connectivity index (χ0n) is 6.55. The van der Waals surface area contributed by atoms with Crippen molar-refractivity contribution in [1.82, 2.24) is 4.90 Å². The number of carbonyl (C=O) groups is 1. The van der Waals surface area contributed by atoms with Crippen LogP contribution in [0.15, 0.2) is 0 Å². The van der Waals surface area contributed by atoms with Crippen molar-refractivity contribution in [1.29, 1.82) is 0 Å². The fraction of sp³-hybridized carbons (Fsp3) is 0.875. The van der Waals surface area contributed by atoms with Crippen molar-refractivity contribution in [3.8, 4) is 0 Å². The zero-order chi connectivity index (χ0) is 7.90. The lowest BCUT2D eigenvalue weighted by Crippen LogP contribution is -2.43. The fourth-order valence-electron chi connectivity index (χ4n) is 2.31. The van der Waals surface area contributed by atoms with Crippen LogP contribution in [0.1, 0.15) is 25.7 Å². The molecule has 0 aromatic heterocycles. The lowest BCUT2D eigenvalue weighted by molar-refractivity contribution is -0.130. The molecule has 2 heterocycles. The van der Waals surface area contributed by atoms with Crippen molar-refractivity contribution in [2.24, 2.45) is 0 Å². The van der Waals surface area contributed by atoms with Crippen molar-refractivity contribution in [3.05, 3.63) is 0 Å². The highest BCUT2D eigenvalue weighted by atomic mass is 16.3. The quantitative estimate of drug-likeness (QED) is 0.585. The summed E-state index contributed by atoms with van der Waals surface area (Å²) in [4.78, 5) is 13.1. The summed E-state index contributed by atoms with van der Waals surface area (Å²) in [5.74, 6) is 0.233. The van der Waals surface area contributed by atoms with Gasteiger partial charge in [0.25, 0.3) is 0 Å². The second-order valence-electron chi connectivity index (χ2n) is 3.53. The smallest absolute Gasteiger partial charge is 0.223 e. The van der Waals surface area contributed by atoms with Gasteiger partial charge in [-0.2, -0.15) is 0 Å². The molecule has 0 aliphatic carbocycles. The Morgan fingerprint density at radius 3 is 3.00 bits per heavy atom. The first-order chi connectivity index (χ1) is 5.28. The molecule has 11 heavy (non-hydrogen) atoms. The summed E-state index contributed by atoms with van der Waals surface area (Å²) >= 11 is 0. The first-order valence-corrected chi connectivity index (χ1v) is 4.20. The van der Waals surface area contributed by atoms with Crippen LogP contribution in [0.2, 0.25) is 0 Å². The van der Waals surface area contributed by atoms with Crippen molar-refractivity contribution >= 4 is 5.91 Å². The van der Waals surface area contributed by atoms with Gasteiger partial charge in [0.05, 0.1) is 12.1 Å². The van der Waals surface area contributed by atoms with Gasteiger partial charge in [-0.05, 0) is 19.3 Å². The second kappa shape index (κ2) is 2.21. The summed E-state index contributed by atoms with van der Waals surface area (Å²) in [6.45, 7) is 1.01. The normalized spacial score (nSPS) is 36.5. The molecule has 2 aliphatic heterocycles. The Bertz CT molecular complexity index is 193. The van der Waals surface area contributed by atoms with Gasteiger partial charge in [-0.1, -0.05) is 0 Å². The molecule has 62 valence electrons. The van der Waals surface area contributed by atoms with Crippen LogP contribution in [0.4, 0.5) is 0 Å². The number of rotatable bonds is 1. The molecule has 1 atom stereocenters. The predicted molar refractivity (Wildman–Crippen MR) is 40.0 cm³/mol. The Morgan fingerprint density at radius 1 is 1.55 bits per heavy atom. The summed E-state index contributed by atoms with van der Waals surface area (Å²) in [5.41, 5.74) is -0.142. The number of carbonyl (C=O) groups excluding carboxylic acids is 1. The average molecular weight is 155 g/mol. The van der Waals surface area contributed by atoms with E-state index in [9.17, 15) is 4.79 Å². The van der Waals surface area contributed by atoms with E-state index in [0.717, 1.165) is 25.8 Å². The van der Waals surface area contributed by atoms with Gasteiger partial charge in [-0.25, -0.2) is 0 Å². The van der Waals surface area contributed by atoms with E-state index in [0.29, 0.717) is 6.42 Å². The number of aliphatic hydroxyl groups excluding tert-OH is 1. The maximum absolute atomic E-state index is 11.2. The van der Waals surface area contributed by atoms with E-state index in [1.165, 1.54) is 0 Å². The Balaban J connectivity index is 2.25. The van der Waals surface area contributed by atoms with E-state index in [-0.39, 0.29) is 18.1 Å². The predicted octanol–water partition coefficient (Wildman–Crippen LogP) is 0.134. The van der Waals surface area contributed by atoms with Gasteiger partial charge in [-0.15, -0.1) is 0 Å². The molecular formula is C8H13NO2. The maximum atomic E-state index is 11.2. The molecule has 0 bridgehead atoms. The van der Waals surface area contributed by atoms with E-state index in [1.54, 1.807) is 0 Å². The summed E-state index contributed by atoms with van der Waals surface area (Å²) < 4.78 is 0. The third-order valence-corrected chi connectivity index (χ3v) is 3.00. The first kappa shape index (κ1) is 7.10. The number of amides is 1. The van der Waals surface area contributed by atoms with E-state index < -0.39 is 0 Å². The van der Waals surface area contributed by atoms with Gasteiger partial charge in [0.1, 0.15) is 0 Å². The summed E-state index contributed by atoms with van der Waals surface area (Å²) in [7, 11) is 0. The molecular weight excluding hydrogens is 142 g/mol. The van der Waals surface area contributed by atoms with Gasteiger partial charge in [-0.3, -0.25) is 4.79 Å². The third-order valence-electron chi connectivity index (χ3n) is 3.00. The highest BCUT2D eigenvalue weighted by Gasteiger charge is 2.47. The molecule has 0 radical (unpaired) electrons. The van der Waals surface area contributed by atoms with Gasteiger partial charge in [0.15, 0.2) is 0 Å². The summed E-state index contributed by atoms with van der Waals surface area (Å²) in [6.07, 6.45) is 3.56. The second-order valence-corrected chi connectivity index (χ2v) is 3.53. The van der Waals surface area contributed by atoms with Crippen LogP contribution >= 0.6 is 0 Å². The zero-order valence-corrected chi connectivity index (χ0v) is 6.55. The molecule has 0 aromatic carbocycles. The average Bonchev–Trinajstić information content (AvgIpc) is 2.53. The Labute approximate surface area is 66.0 Å². The minimum atomic E-state index is -0.142. The molecule has 0 saturated carbocycles. The summed E-state index contributed by atoms with van der Waals surface area (Å²) in [6, 6.07) is 0. The number of fused-ring (bicyclic) bond motifs is 1. The molecule has 1 amide bonds. The minimum Gasteiger partial charge on any atom is -0.394 e. The number of hydrogen-bond acceptors (Lipinski definition) is 2. The van der Waals surface area contributed by atoms with Crippen LogP contribution in [0.25, 0.3) is 0 Å². The van der Waals surface area contributed by atoms with Gasteiger partial charge in [0.2, 0.25) is 5.91 Å². The lowest BCUT2D eigenvalue weighted by Gasteiger charge is -2.29. The number of nitrogens with zero attached hydrogens (tertiary/aromatic N) is 1. The number of hydrogen-bond donors (Lipinski definition) is 1. The molecule has 3 nitrogen and oxygen atoms in total. The third kappa shape index (κ3) is 0.805. The monoisotopic (exact) mass is 155 g/mol. The molecule has 2 fully saturated rings. The van der Waals surface area contributed by atoms with Crippen molar-refractivity contribution in [2.45, 2.75) is 31.2 Å². The molecule has 2 aliphatic rings. The van der Waals surface area contributed by atoms with E-state index in [1.807, 2.05) is 4.90 Å². The van der Waals surface area contributed by atoms with Crippen molar-refractivity contribution in [3.63, 3.8) is 0 Å². The van der Waals surface area contributed by atoms with Gasteiger partial charge >= 0.3 is 0 Å². The largest absolute Gasteiger partial charge is 0.394 e. The van der Waals surface area contributed by atoms with Crippen LogP contribution in [0, 0.1) is 0 Å². The highest BCUT2D eigenvalue weighted by Crippen LogP contribution is 2.38. The fourth-order valence-corrected chi connectivity index (χ4v) is 2.31.